The van der Waals surface area contributed by atoms with Gasteiger partial charge >= 0.3 is 6.16 Å². The van der Waals surface area contributed by atoms with Crippen molar-refractivity contribution in [2.45, 2.75) is 71.8 Å². The standard InChI is InChI=1S/C22H30O5/c1-4-26-20(25)27-14-7-9-21(2)13(11-14)12-17(23)19-15-5-6-18(24)22(15,3)10-8-16(19)21/h12,14-16,19H,4-11H2,1-3H3/t14-,15-,16-,19-,21-,22-/m0/s1. The average molecular weight is 374 g/mol. The number of ketones is 2. The van der Waals surface area contributed by atoms with E-state index in [1.54, 1.807) is 6.92 Å². The minimum Gasteiger partial charge on any atom is -0.435 e. The molecule has 5 heteroatoms. The zero-order chi connectivity index (χ0) is 19.4. The highest BCUT2D eigenvalue weighted by atomic mass is 16.7. The van der Waals surface area contributed by atoms with Gasteiger partial charge in [0.2, 0.25) is 0 Å². The molecule has 0 heterocycles. The molecule has 0 aliphatic heterocycles. The highest BCUT2D eigenvalue weighted by Gasteiger charge is 2.61. The molecule has 0 N–H and O–H groups in total. The molecule has 0 unspecified atom stereocenters. The summed E-state index contributed by atoms with van der Waals surface area (Å²) in [5.74, 6) is 1.02. The molecule has 0 aromatic heterocycles. The van der Waals surface area contributed by atoms with Crippen LogP contribution in [0.1, 0.15) is 65.7 Å². The summed E-state index contributed by atoms with van der Waals surface area (Å²) >= 11 is 0. The Kier molecular flexibility index (Phi) is 4.47. The molecule has 0 bridgehead atoms. The third-order valence-electron chi connectivity index (χ3n) is 8.13. The molecular formula is C22H30O5. The monoisotopic (exact) mass is 374 g/mol. The molecule has 0 amide bonds. The maximum atomic E-state index is 13.1. The minimum atomic E-state index is -0.621. The van der Waals surface area contributed by atoms with Crippen molar-refractivity contribution in [1.82, 2.24) is 0 Å². The van der Waals surface area contributed by atoms with E-state index in [1.807, 2.05) is 6.08 Å². The van der Waals surface area contributed by atoms with E-state index in [0.29, 0.717) is 31.1 Å². The smallest absolute Gasteiger partial charge is 0.435 e. The van der Waals surface area contributed by atoms with Crippen LogP contribution in [0.3, 0.4) is 0 Å². The summed E-state index contributed by atoms with van der Waals surface area (Å²) in [6, 6.07) is 0. The van der Waals surface area contributed by atoms with Crippen LogP contribution in [0.2, 0.25) is 0 Å². The van der Waals surface area contributed by atoms with Crippen LogP contribution in [0.15, 0.2) is 11.6 Å². The molecule has 0 radical (unpaired) electrons. The lowest BCUT2D eigenvalue weighted by atomic mass is 9.48. The lowest BCUT2D eigenvalue weighted by Crippen LogP contribution is -2.53. The molecule has 27 heavy (non-hydrogen) atoms. The Bertz CT molecular complexity index is 709. The molecule has 0 spiro atoms. The van der Waals surface area contributed by atoms with Gasteiger partial charge in [0.05, 0.1) is 6.61 Å². The molecule has 4 rings (SSSR count). The van der Waals surface area contributed by atoms with Crippen molar-refractivity contribution in [1.29, 1.82) is 0 Å². The maximum Gasteiger partial charge on any atom is 0.508 e. The molecule has 3 fully saturated rings. The van der Waals surface area contributed by atoms with Crippen molar-refractivity contribution in [3.05, 3.63) is 11.6 Å². The fourth-order valence-corrected chi connectivity index (χ4v) is 6.53. The van der Waals surface area contributed by atoms with Gasteiger partial charge in [0.15, 0.2) is 5.78 Å². The Labute approximate surface area is 160 Å². The van der Waals surface area contributed by atoms with E-state index in [2.05, 4.69) is 13.8 Å². The van der Waals surface area contributed by atoms with E-state index < -0.39 is 6.16 Å². The van der Waals surface area contributed by atoms with Gasteiger partial charge in [0, 0.05) is 24.2 Å². The topological polar surface area (TPSA) is 69.7 Å². The largest absolute Gasteiger partial charge is 0.508 e. The molecule has 3 saturated carbocycles. The summed E-state index contributed by atoms with van der Waals surface area (Å²) in [6.45, 7) is 6.42. The summed E-state index contributed by atoms with van der Waals surface area (Å²) in [4.78, 5) is 37.3. The third kappa shape index (κ3) is 2.76. The van der Waals surface area contributed by atoms with Crippen molar-refractivity contribution >= 4 is 17.7 Å². The molecule has 4 aliphatic carbocycles. The summed E-state index contributed by atoms with van der Waals surface area (Å²) < 4.78 is 10.3. The molecular weight excluding hydrogens is 344 g/mol. The molecule has 0 saturated heterocycles. The Morgan fingerprint density at radius 2 is 1.81 bits per heavy atom. The van der Waals surface area contributed by atoms with E-state index in [0.717, 1.165) is 37.7 Å². The van der Waals surface area contributed by atoms with Gasteiger partial charge in [-0.1, -0.05) is 19.4 Å². The Hall–Kier alpha value is -1.65. The molecule has 0 aromatic carbocycles. The normalized spacial score (nSPS) is 43.3. The second-order valence-electron chi connectivity index (χ2n) is 9.31. The summed E-state index contributed by atoms with van der Waals surface area (Å²) in [6.07, 6.45) is 6.64. The number of allylic oxidation sites excluding steroid dienone is 1. The number of rotatable bonds is 2. The third-order valence-corrected chi connectivity index (χ3v) is 8.13. The zero-order valence-corrected chi connectivity index (χ0v) is 16.6. The van der Waals surface area contributed by atoms with Crippen LogP contribution in [-0.2, 0) is 19.1 Å². The van der Waals surface area contributed by atoms with Crippen LogP contribution in [-0.4, -0.2) is 30.4 Å². The fourth-order valence-electron chi connectivity index (χ4n) is 6.53. The molecule has 6 atom stereocenters. The predicted octanol–water partition coefficient (Wildman–Crippen LogP) is 4.24. The lowest BCUT2D eigenvalue weighted by molar-refractivity contribution is -0.139. The Morgan fingerprint density at radius 1 is 1.11 bits per heavy atom. The highest BCUT2D eigenvalue weighted by Crippen LogP contribution is 2.63. The maximum absolute atomic E-state index is 13.1. The molecule has 148 valence electrons. The fraction of sp³-hybridized carbons (Fsp3) is 0.773. The first-order valence-electron chi connectivity index (χ1n) is 10.4. The van der Waals surface area contributed by atoms with Gasteiger partial charge in [0.25, 0.3) is 0 Å². The van der Waals surface area contributed by atoms with Crippen LogP contribution in [0.25, 0.3) is 0 Å². The number of hydrogen-bond acceptors (Lipinski definition) is 5. The number of carbonyl (C=O) groups is 3. The van der Waals surface area contributed by atoms with Crippen molar-refractivity contribution in [2.24, 2.45) is 28.6 Å². The van der Waals surface area contributed by atoms with Crippen molar-refractivity contribution in [2.75, 3.05) is 6.61 Å². The van der Waals surface area contributed by atoms with Gasteiger partial charge in [0.1, 0.15) is 11.9 Å². The first-order chi connectivity index (χ1) is 12.8. The predicted molar refractivity (Wildman–Crippen MR) is 99.0 cm³/mol. The number of Topliss-reactive ketones (excluding diaryl/α,β-unsaturated/α-hetero) is 1. The molecule has 5 nitrogen and oxygen atoms in total. The van der Waals surface area contributed by atoms with Gasteiger partial charge in [-0.05, 0) is 62.4 Å². The van der Waals surface area contributed by atoms with Gasteiger partial charge in [-0.25, -0.2) is 4.79 Å². The van der Waals surface area contributed by atoms with Crippen LogP contribution in [0.4, 0.5) is 4.79 Å². The lowest BCUT2D eigenvalue weighted by Gasteiger charge is -2.55. The number of carbonyl (C=O) groups excluding carboxylic acids is 3. The quantitative estimate of drug-likeness (QED) is 0.676. The van der Waals surface area contributed by atoms with Gasteiger partial charge < -0.3 is 9.47 Å². The van der Waals surface area contributed by atoms with Gasteiger partial charge in [-0.2, -0.15) is 0 Å². The van der Waals surface area contributed by atoms with Gasteiger partial charge in [-0.15, -0.1) is 0 Å². The number of hydrogen-bond donors (Lipinski definition) is 0. The SMILES string of the molecule is CCOC(=O)O[C@H]1CC[C@@]2(C)C(=CC(=O)[C@@H]3[C@@H]2CC[C@]2(C)C(=O)CC[C@@H]32)C1. The zero-order valence-electron chi connectivity index (χ0n) is 16.6. The summed E-state index contributed by atoms with van der Waals surface area (Å²) in [5.41, 5.74) is 0.797. The first-order valence-corrected chi connectivity index (χ1v) is 10.4. The highest BCUT2D eigenvalue weighted by molar-refractivity contribution is 5.96. The molecule has 4 aliphatic rings. The van der Waals surface area contributed by atoms with Crippen molar-refractivity contribution in [3.8, 4) is 0 Å². The van der Waals surface area contributed by atoms with Crippen LogP contribution < -0.4 is 0 Å². The second kappa shape index (κ2) is 6.46. The second-order valence-corrected chi connectivity index (χ2v) is 9.31. The average Bonchev–Trinajstić information content (AvgIpc) is 2.92. The van der Waals surface area contributed by atoms with E-state index in [4.69, 9.17) is 9.47 Å². The minimum absolute atomic E-state index is 0.0218. The van der Waals surface area contributed by atoms with E-state index in [1.165, 1.54) is 0 Å². The van der Waals surface area contributed by atoms with E-state index >= 15 is 0 Å². The number of ether oxygens (including phenoxy) is 2. The van der Waals surface area contributed by atoms with Crippen LogP contribution >= 0.6 is 0 Å². The van der Waals surface area contributed by atoms with Gasteiger partial charge in [-0.3, -0.25) is 9.59 Å². The van der Waals surface area contributed by atoms with Crippen LogP contribution in [0.5, 0.6) is 0 Å². The van der Waals surface area contributed by atoms with Crippen LogP contribution in [0, 0.1) is 28.6 Å². The van der Waals surface area contributed by atoms with E-state index in [-0.39, 0.29) is 34.6 Å². The van der Waals surface area contributed by atoms with E-state index in [9.17, 15) is 14.4 Å². The summed E-state index contributed by atoms with van der Waals surface area (Å²) in [7, 11) is 0. The first kappa shape index (κ1) is 18.7. The Morgan fingerprint density at radius 3 is 2.56 bits per heavy atom. The van der Waals surface area contributed by atoms with Crippen molar-refractivity contribution in [3.63, 3.8) is 0 Å². The number of fused-ring (bicyclic) bond motifs is 5. The molecule has 0 aromatic rings. The Balaban J connectivity index is 1.59. The summed E-state index contributed by atoms with van der Waals surface area (Å²) in [5, 5.41) is 0. The van der Waals surface area contributed by atoms with Crippen molar-refractivity contribution < 1.29 is 23.9 Å².